The number of hydrogen-bond acceptors (Lipinski definition) is 3. The molecule has 0 saturated carbocycles. The van der Waals surface area contributed by atoms with E-state index in [0.717, 1.165) is 27.1 Å². The van der Waals surface area contributed by atoms with Crippen LogP contribution in [-0.2, 0) is 6.42 Å². The molecule has 6 heteroatoms. The highest BCUT2D eigenvalue weighted by Gasteiger charge is 2.17. The molecule has 0 atom stereocenters. The first kappa shape index (κ1) is 16.2. The highest BCUT2D eigenvalue weighted by atomic mass is 35.5. The SMILES string of the molecule is O=C(Cc1ccc2c(c1)C(=O)NCCS2)c1cc2cc(Cl)ccc2[nH]1. The van der Waals surface area contributed by atoms with Gasteiger partial charge >= 0.3 is 0 Å². The van der Waals surface area contributed by atoms with Crippen molar-refractivity contribution in [2.75, 3.05) is 12.3 Å². The quantitative estimate of drug-likeness (QED) is 0.683. The zero-order chi connectivity index (χ0) is 17.4. The Labute approximate surface area is 153 Å². The summed E-state index contributed by atoms with van der Waals surface area (Å²) in [5, 5.41) is 4.42. The molecule has 126 valence electrons. The number of carbonyl (C=O) groups is 2. The van der Waals surface area contributed by atoms with E-state index in [1.807, 2.05) is 36.4 Å². The molecule has 0 unspecified atom stereocenters. The van der Waals surface area contributed by atoms with Crippen molar-refractivity contribution in [1.82, 2.24) is 10.3 Å². The Balaban J connectivity index is 1.60. The van der Waals surface area contributed by atoms with E-state index in [9.17, 15) is 9.59 Å². The molecule has 0 radical (unpaired) electrons. The van der Waals surface area contributed by atoms with Crippen molar-refractivity contribution in [3.05, 3.63) is 64.3 Å². The highest BCUT2D eigenvalue weighted by molar-refractivity contribution is 7.99. The highest BCUT2D eigenvalue weighted by Crippen LogP contribution is 2.26. The van der Waals surface area contributed by atoms with Crippen molar-refractivity contribution in [3.8, 4) is 0 Å². The average molecular weight is 371 g/mol. The lowest BCUT2D eigenvalue weighted by Gasteiger charge is -2.07. The van der Waals surface area contributed by atoms with Crippen LogP contribution in [0.1, 0.15) is 26.4 Å². The molecule has 3 aromatic rings. The van der Waals surface area contributed by atoms with Crippen molar-refractivity contribution in [1.29, 1.82) is 0 Å². The minimum atomic E-state index is -0.0745. The molecule has 1 aliphatic rings. The molecule has 0 aliphatic carbocycles. The summed E-state index contributed by atoms with van der Waals surface area (Å²) in [6.07, 6.45) is 0.242. The molecule has 0 bridgehead atoms. The van der Waals surface area contributed by atoms with Crippen LogP contribution < -0.4 is 5.32 Å². The minimum Gasteiger partial charge on any atom is -0.352 e. The zero-order valence-corrected chi connectivity index (χ0v) is 14.8. The maximum Gasteiger partial charge on any atom is 0.252 e. The third-order valence-corrected chi connectivity index (χ3v) is 5.49. The van der Waals surface area contributed by atoms with Crippen LogP contribution in [0, 0.1) is 0 Å². The van der Waals surface area contributed by atoms with Crippen LogP contribution in [0.3, 0.4) is 0 Å². The van der Waals surface area contributed by atoms with Gasteiger partial charge in [0.15, 0.2) is 5.78 Å². The molecule has 0 spiro atoms. The third kappa shape index (κ3) is 3.30. The summed E-state index contributed by atoms with van der Waals surface area (Å²) in [6.45, 7) is 0.657. The lowest BCUT2D eigenvalue weighted by molar-refractivity contribution is 0.0950. The number of ketones is 1. The van der Waals surface area contributed by atoms with Gasteiger partial charge in [0.25, 0.3) is 5.91 Å². The third-order valence-electron chi connectivity index (χ3n) is 4.18. The van der Waals surface area contributed by atoms with E-state index in [0.29, 0.717) is 22.8 Å². The fourth-order valence-corrected chi connectivity index (χ4v) is 4.02. The molecule has 0 saturated heterocycles. The first-order valence-electron chi connectivity index (χ1n) is 7.95. The van der Waals surface area contributed by atoms with Crippen LogP contribution in [0.5, 0.6) is 0 Å². The Kier molecular flexibility index (Phi) is 4.27. The van der Waals surface area contributed by atoms with Gasteiger partial charge in [-0.15, -0.1) is 11.8 Å². The van der Waals surface area contributed by atoms with Gasteiger partial charge in [-0.1, -0.05) is 17.7 Å². The van der Waals surface area contributed by atoms with Crippen LogP contribution in [0.4, 0.5) is 0 Å². The number of halogens is 1. The monoisotopic (exact) mass is 370 g/mol. The zero-order valence-electron chi connectivity index (χ0n) is 13.3. The van der Waals surface area contributed by atoms with Crippen molar-refractivity contribution < 1.29 is 9.59 Å². The summed E-state index contributed by atoms with van der Waals surface area (Å²) in [5.41, 5.74) is 2.91. The number of aromatic amines is 1. The van der Waals surface area contributed by atoms with Gasteiger partial charge in [0.1, 0.15) is 0 Å². The number of thioether (sulfide) groups is 1. The van der Waals surface area contributed by atoms with Crippen molar-refractivity contribution in [2.24, 2.45) is 0 Å². The number of fused-ring (bicyclic) bond motifs is 2. The average Bonchev–Trinajstić information content (AvgIpc) is 2.93. The van der Waals surface area contributed by atoms with Gasteiger partial charge in [0.2, 0.25) is 0 Å². The van der Waals surface area contributed by atoms with Gasteiger partial charge in [-0.05, 0) is 42.0 Å². The molecule has 1 amide bonds. The Morgan fingerprint density at radius 1 is 1.16 bits per heavy atom. The lowest BCUT2D eigenvalue weighted by atomic mass is 10.0. The number of benzene rings is 2. The maximum absolute atomic E-state index is 12.6. The van der Waals surface area contributed by atoms with Gasteiger partial charge in [0.05, 0.1) is 11.3 Å². The van der Waals surface area contributed by atoms with E-state index in [1.54, 1.807) is 17.8 Å². The van der Waals surface area contributed by atoms with Gasteiger partial charge in [0, 0.05) is 39.5 Å². The van der Waals surface area contributed by atoms with Gasteiger partial charge in [-0.2, -0.15) is 0 Å². The Hall–Kier alpha value is -2.24. The van der Waals surface area contributed by atoms with E-state index in [4.69, 9.17) is 11.6 Å². The molecular weight excluding hydrogens is 356 g/mol. The lowest BCUT2D eigenvalue weighted by Crippen LogP contribution is -2.24. The normalized spacial score (nSPS) is 14.0. The topological polar surface area (TPSA) is 62.0 Å². The van der Waals surface area contributed by atoms with E-state index in [2.05, 4.69) is 10.3 Å². The van der Waals surface area contributed by atoms with Crippen LogP contribution in [0.2, 0.25) is 5.02 Å². The van der Waals surface area contributed by atoms with E-state index < -0.39 is 0 Å². The summed E-state index contributed by atoms with van der Waals surface area (Å²) >= 11 is 7.65. The predicted molar refractivity (Wildman–Crippen MR) is 101 cm³/mol. The maximum atomic E-state index is 12.6. The minimum absolute atomic E-state index is 0.0195. The van der Waals surface area contributed by atoms with Gasteiger partial charge < -0.3 is 10.3 Å². The number of carbonyl (C=O) groups excluding carboxylic acids is 2. The molecular formula is C19H15ClN2O2S. The fraction of sp³-hybridized carbons (Fsp3) is 0.158. The Morgan fingerprint density at radius 2 is 2.04 bits per heavy atom. The van der Waals surface area contributed by atoms with Gasteiger partial charge in [-0.25, -0.2) is 0 Å². The molecule has 1 aliphatic heterocycles. The van der Waals surface area contributed by atoms with Crippen LogP contribution in [0.15, 0.2) is 47.4 Å². The van der Waals surface area contributed by atoms with E-state index in [1.165, 1.54) is 0 Å². The summed E-state index contributed by atoms with van der Waals surface area (Å²) < 4.78 is 0. The van der Waals surface area contributed by atoms with E-state index >= 15 is 0 Å². The second-order valence-corrected chi connectivity index (χ2v) is 7.52. The number of amides is 1. The largest absolute Gasteiger partial charge is 0.352 e. The van der Waals surface area contributed by atoms with E-state index in [-0.39, 0.29) is 18.1 Å². The van der Waals surface area contributed by atoms with Crippen LogP contribution in [0.25, 0.3) is 10.9 Å². The number of aromatic nitrogens is 1. The molecule has 25 heavy (non-hydrogen) atoms. The predicted octanol–water partition coefficient (Wildman–Crippen LogP) is 4.08. The summed E-state index contributed by atoms with van der Waals surface area (Å²) in [7, 11) is 0. The molecule has 4 nitrogen and oxygen atoms in total. The fourth-order valence-electron chi connectivity index (χ4n) is 2.95. The molecule has 1 aromatic heterocycles. The summed E-state index contributed by atoms with van der Waals surface area (Å²) in [6, 6.07) is 13.0. The first-order chi connectivity index (χ1) is 12.1. The van der Waals surface area contributed by atoms with Crippen molar-refractivity contribution in [3.63, 3.8) is 0 Å². The standard InChI is InChI=1S/C19H15ClN2O2S/c20-13-2-3-15-12(9-13)10-16(22-15)17(23)8-11-1-4-18-14(7-11)19(24)21-5-6-25-18/h1-4,7,9-10,22H,5-6,8H2,(H,21,24). The van der Waals surface area contributed by atoms with Crippen molar-refractivity contribution >= 4 is 46.0 Å². The second-order valence-electron chi connectivity index (χ2n) is 5.95. The summed E-state index contributed by atoms with van der Waals surface area (Å²) in [4.78, 5) is 28.8. The second kappa shape index (κ2) is 6.58. The first-order valence-corrected chi connectivity index (χ1v) is 9.32. The molecule has 2 heterocycles. The number of H-pyrrole nitrogens is 1. The molecule has 4 rings (SSSR count). The number of rotatable bonds is 3. The number of nitrogens with one attached hydrogen (secondary N) is 2. The molecule has 0 fully saturated rings. The molecule has 2 aromatic carbocycles. The summed E-state index contributed by atoms with van der Waals surface area (Å²) in [5.74, 6) is 0.762. The Bertz CT molecular complexity index is 996. The van der Waals surface area contributed by atoms with Crippen LogP contribution >= 0.6 is 23.4 Å². The number of Topliss-reactive ketones (excluding diaryl/α,β-unsaturated/α-hetero) is 1. The van der Waals surface area contributed by atoms with Crippen molar-refractivity contribution in [2.45, 2.75) is 11.3 Å². The smallest absolute Gasteiger partial charge is 0.252 e. The van der Waals surface area contributed by atoms with Crippen LogP contribution in [-0.4, -0.2) is 29.0 Å². The number of hydrogen-bond donors (Lipinski definition) is 2. The molecule has 2 N–H and O–H groups in total. The Morgan fingerprint density at radius 3 is 2.92 bits per heavy atom. The van der Waals surface area contributed by atoms with Gasteiger partial charge in [-0.3, -0.25) is 9.59 Å².